The lowest BCUT2D eigenvalue weighted by Gasteiger charge is -2.17. The Labute approximate surface area is 140 Å². The summed E-state index contributed by atoms with van der Waals surface area (Å²) in [6, 6.07) is 11.5. The summed E-state index contributed by atoms with van der Waals surface area (Å²) in [4.78, 5) is 13.8. The lowest BCUT2D eigenvalue weighted by atomic mass is 10.2. The molecule has 0 radical (unpaired) electrons. The van der Waals surface area contributed by atoms with Crippen molar-refractivity contribution in [2.24, 2.45) is 0 Å². The van der Waals surface area contributed by atoms with Gasteiger partial charge in [0, 0.05) is 24.7 Å². The zero-order valence-electron chi connectivity index (χ0n) is 13.1. The predicted octanol–water partition coefficient (Wildman–Crippen LogP) is 2.22. The number of carbonyl (C=O) groups is 1. The van der Waals surface area contributed by atoms with Gasteiger partial charge in [0.1, 0.15) is 5.82 Å². The lowest BCUT2D eigenvalue weighted by Crippen LogP contribution is -2.37. The van der Waals surface area contributed by atoms with Crippen molar-refractivity contribution in [2.45, 2.75) is 24.3 Å². The van der Waals surface area contributed by atoms with E-state index < -0.39 is 16.1 Å². The molecule has 0 aliphatic carbocycles. The molecule has 5 nitrogen and oxygen atoms in total. The molecule has 1 heterocycles. The van der Waals surface area contributed by atoms with Gasteiger partial charge in [-0.05, 0) is 43.3 Å². The number of anilines is 1. The second kappa shape index (κ2) is 6.33. The highest BCUT2D eigenvalue weighted by Gasteiger charge is 2.33. The van der Waals surface area contributed by atoms with Gasteiger partial charge in [0.05, 0.1) is 4.90 Å². The van der Waals surface area contributed by atoms with Gasteiger partial charge >= 0.3 is 0 Å². The fourth-order valence-corrected chi connectivity index (χ4v) is 3.89. The van der Waals surface area contributed by atoms with Gasteiger partial charge < -0.3 is 4.90 Å². The summed E-state index contributed by atoms with van der Waals surface area (Å²) in [5, 5.41) is 0. The lowest BCUT2D eigenvalue weighted by molar-refractivity contribution is -0.117. The molecule has 24 heavy (non-hydrogen) atoms. The number of nitrogens with one attached hydrogen (secondary N) is 1. The van der Waals surface area contributed by atoms with Gasteiger partial charge in [-0.3, -0.25) is 4.79 Å². The van der Waals surface area contributed by atoms with Crippen LogP contribution in [0.15, 0.2) is 53.4 Å². The molecule has 1 amide bonds. The number of sulfonamides is 1. The number of hydrogen-bond donors (Lipinski definition) is 1. The van der Waals surface area contributed by atoms with Crippen molar-refractivity contribution in [3.8, 4) is 0 Å². The van der Waals surface area contributed by atoms with Crippen LogP contribution in [0.2, 0.25) is 0 Å². The Balaban J connectivity index is 1.74. The van der Waals surface area contributed by atoms with E-state index in [9.17, 15) is 17.6 Å². The molecule has 0 saturated carbocycles. The van der Waals surface area contributed by atoms with Gasteiger partial charge in [0.25, 0.3) is 0 Å². The first-order chi connectivity index (χ1) is 11.3. The van der Waals surface area contributed by atoms with Crippen molar-refractivity contribution in [3.63, 3.8) is 0 Å². The summed E-state index contributed by atoms with van der Waals surface area (Å²) >= 11 is 0. The molecular formula is C17H17FN2O3S. The topological polar surface area (TPSA) is 66.5 Å². The number of amides is 1. The van der Waals surface area contributed by atoms with Crippen LogP contribution in [0.4, 0.5) is 10.1 Å². The molecule has 1 fully saturated rings. The van der Waals surface area contributed by atoms with Gasteiger partial charge in [0.2, 0.25) is 15.9 Å². The first kappa shape index (κ1) is 16.6. The van der Waals surface area contributed by atoms with Crippen LogP contribution < -0.4 is 9.62 Å². The van der Waals surface area contributed by atoms with E-state index in [0.717, 1.165) is 5.56 Å². The maximum absolute atomic E-state index is 13.0. The number of carbonyl (C=O) groups excluding carboxylic acids is 1. The van der Waals surface area contributed by atoms with Crippen LogP contribution in [0.3, 0.4) is 0 Å². The van der Waals surface area contributed by atoms with Gasteiger partial charge in [-0.25, -0.2) is 17.5 Å². The second-order valence-electron chi connectivity index (χ2n) is 5.82. The Morgan fingerprint density at radius 1 is 1.08 bits per heavy atom. The number of aryl methyl sites for hydroxylation is 1. The monoisotopic (exact) mass is 348 g/mol. The minimum atomic E-state index is -3.69. The average Bonchev–Trinajstić information content (AvgIpc) is 2.88. The van der Waals surface area contributed by atoms with E-state index in [1.54, 1.807) is 12.1 Å². The van der Waals surface area contributed by atoms with E-state index in [0.29, 0.717) is 5.69 Å². The molecule has 3 rings (SSSR count). The van der Waals surface area contributed by atoms with Crippen molar-refractivity contribution in [3.05, 3.63) is 59.9 Å². The molecule has 1 atom stereocenters. The van der Waals surface area contributed by atoms with E-state index in [-0.39, 0.29) is 29.6 Å². The maximum atomic E-state index is 13.0. The highest BCUT2D eigenvalue weighted by atomic mass is 32.2. The van der Waals surface area contributed by atoms with E-state index in [1.807, 2.05) is 6.92 Å². The fraction of sp³-hybridized carbons (Fsp3) is 0.235. The molecule has 0 spiro atoms. The third-order valence-electron chi connectivity index (χ3n) is 3.92. The summed E-state index contributed by atoms with van der Waals surface area (Å²) in [5.41, 5.74) is 1.52. The fourth-order valence-electron chi connectivity index (χ4n) is 2.66. The predicted molar refractivity (Wildman–Crippen MR) is 88.7 cm³/mol. The number of benzene rings is 2. The summed E-state index contributed by atoms with van der Waals surface area (Å²) < 4.78 is 40.4. The van der Waals surface area contributed by atoms with Crippen molar-refractivity contribution in [2.75, 3.05) is 11.4 Å². The average molecular weight is 348 g/mol. The van der Waals surface area contributed by atoms with Crippen LogP contribution in [0.1, 0.15) is 12.0 Å². The largest absolute Gasteiger partial charge is 0.311 e. The number of halogens is 1. The van der Waals surface area contributed by atoms with Crippen LogP contribution in [0, 0.1) is 12.7 Å². The first-order valence-corrected chi connectivity index (χ1v) is 8.98. The Kier molecular flexibility index (Phi) is 4.38. The molecule has 126 valence electrons. The van der Waals surface area contributed by atoms with E-state index in [1.165, 1.54) is 41.3 Å². The van der Waals surface area contributed by atoms with E-state index in [4.69, 9.17) is 0 Å². The van der Waals surface area contributed by atoms with E-state index >= 15 is 0 Å². The zero-order valence-corrected chi connectivity index (χ0v) is 13.9. The molecule has 2 aromatic rings. The summed E-state index contributed by atoms with van der Waals surface area (Å²) in [7, 11) is -3.69. The smallest absolute Gasteiger partial charge is 0.240 e. The molecule has 0 bridgehead atoms. The molecule has 1 N–H and O–H groups in total. The van der Waals surface area contributed by atoms with Gasteiger partial charge in [0.15, 0.2) is 0 Å². The van der Waals surface area contributed by atoms with Gasteiger partial charge in [-0.15, -0.1) is 0 Å². The van der Waals surface area contributed by atoms with Crippen LogP contribution in [-0.4, -0.2) is 26.9 Å². The van der Waals surface area contributed by atoms with E-state index in [2.05, 4.69) is 4.72 Å². The Bertz CT molecular complexity index is 848. The van der Waals surface area contributed by atoms with Gasteiger partial charge in [-0.1, -0.05) is 17.7 Å². The van der Waals surface area contributed by atoms with Crippen LogP contribution in [0.25, 0.3) is 0 Å². The van der Waals surface area contributed by atoms with Crippen molar-refractivity contribution in [1.82, 2.24) is 4.72 Å². The Morgan fingerprint density at radius 2 is 1.71 bits per heavy atom. The number of rotatable bonds is 4. The second-order valence-corrected chi connectivity index (χ2v) is 7.53. The molecule has 7 heteroatoms. The molecule has 2 aromatic carbocycles. The number of hydrogen-bond acceptors (Lipinski definition) is 3. The van der Waals surface area contributed by atoms with Gasteiger partial charge in [-0.2, -0.15) is 0 Å². The number of nitrogens with zero attached hydrogens (tertiary/aromatic N) is 1. The standard InChI is InChI=1S/C17H17FN2O3S/c1-12-2-8-16(9-3-12)24(22,23)19-14-10-17(21)20(11-14)15-6-4-13(18)5-7-15/h2-9,14,19H,10-11H2,1H3/t14-/m0/s1. The molecule has 0 aromatic heterocycles. The molecule has 1 aliphatic rings. The highest BCUT2D eigenvalue weighted by Crippen LogP contribution is 2.23. The first-order valence-electron chi connectivity index (χ1n) is 7.50. The van der Waals surface area contributed by atoms with Crippen molar-refractivity contribution >= 4 is 21.6 Å². The zero-order chi connectivity index (χ0) is 17.3. The van der Waals surface area contributed by atoms with Crippen LogP contribution in [0.5, 0.6) is 0 Å². The van der Waals surface area contributed by atoms with Crippen molar-refractivity contribution < 1.29 is 17.6 Å². The highest BCUT2D eigenvalue weighted by molar-refractivity contribution is 7.89. The summed E-state index contributed by atoms with van der Waals surface area (Å²) in [5.74, 6) is -0.583. The van der Waals surface area contributed by atoms with Crippen LogP contribution >= 0.6 is 0 Å². The maximum Gasteiger partial charge on any atom is 0.240 e. The third kappa shape index (κ3) is 3.47. The quantitative estimate of drug-likeness (QED) is 0.921. The summed E-state index contributed by atoms with van der Waals surface area (Å²) in [6.45, 7) is 2.09. The normalized spacial score (nSPS) is 18.2. The van der Waals surface area contributed by atoms with Crippen molar-refractivity contribution in [1.29, 1.82) is 0 Å². The van der Waals surface area contributed by atoms with Crippen LogP contribution in [-0.2, 0) is 14.8 Å². The molecule has 0 unspecified atom stereocenters. The Morgan fingerprint density at radius 3 is 2.33 bits per heavy atom. The molecular weight excluding hydrogens is 331 g/mol. The minimum Gasteiger partial charge on any atom is -0.311 e. The third-order valence-corrected chi connectivity index (χ3v) is 5.45. The summed E-state index contributed by atoms with van der Waals surface area (Å²) in [6.07, 6.45) is 0.0719. The molecule has 1 aliphatic heterocycles. The SMILES string of the molecule is Cc1ccc(S(=O)(=O)N[C@H]2CC(=O)N(c3ccc(F)cc3)C2)cc1. The Hall–Kier alpha value is -2.25. The minimum absolute atomic E-state index is 0.0719. The molecule has 1 saturated heterocycles.